The van der Waals surface area contributed by atoms with Gasteiger partial charge in [0.05, 0.1) is 7.11 Å². The summed E-state index contributed by atoms with van der Waals surface area (Å²) in [7, 11) is 3.64. The van der Waals surface area contributed by atoms with Gasteiger partial charge in [-0.2, -0.15) is 4.80 Å². The van der Waals surface area contributed by atoms with E-state index in [2.05, 4.69) is 45.0 Å². The van der Waals surface area contributed by atoms with Crippen molar-refractivity contribution in [3.05, 3.63) is 47.8 Å². The molecular formula is C17H21N5O. The lowest BCUT2D eigenvalue weighted by molar-refractivity contribution is 0.376. The molecule has 0 aliphatic rings. The molecule has 120 valence electrons. The van der Waals surface area contributed by atoms with Gasteiger partial charge < -0.3 is 10.1 Å². The van der Waals surface area contributed by atoms with E-state index in [9.17, 15) is 0 Å². The lowest BCUT2D eigenvalue weighted by atomic mass is 9.98. The van der Waals surface area contributed by atoms with Crippen LogP contribution in [-0.4, -0.2) is 40.9 Å². The number of methoxy groups -OCH3 is 1. The number of nitrogens with one attached hydrogen (secondary N) is 1. The molecule has 2 aromatic carbocycles. The van der Waals surface area contributed by atoms with Crippen LogP contribution in [0.1, 0.15) is 23.9 Å². The third-order valence-corrected chi connectivity index (χ3v) is 3.93. The second-order valence-corrected chi connectivity index (χ2v) is 5.51. The number of aryl methyl sites for hydroxylation is 1. The smallest absolute Gasteiger partial charge is 0.171 e. The van der Waals surface area contributed by atoms with Crippen molar-refractivity contribution in [1.29, 1.82) is 0 Å². The summed E-state index contributed by atoms with van der Waals surface area (Å²) >= 11 is 0. The number of hydrogen-bond donors (Lipinski definition) is 1. The predicted molar refractivity (Wildman–Crippen MR) is 89.7 cm³/mol. The molecule has 0 bridgehead atoms. The van der Waals surface area contributed by atoms with Crippen molar-refractivity contribution in [2.45, 2.75) is 19.4 Å². The van der Waals surface area contributed by atoms with Gasteiger partial charge in [0.15, 0.2) is 5.82 Å². The standard InChI is InChI=1S/C17H21N5O/c1-12-19-21-22(20-12)16(8-9-18-2)15-10-13-6-4-5-7-14(13)11-17(15)23-3/h4-7,10-11,16,18H,8-9H2,1-3H3. The number of ether oxygens (including phenoxy) is 1. The Balaban J connectivity index is 2.11. The van der Waals surface area contributed by atoms with Gasteiger partial charge in [-0.05, 0) is 55.1 Å². The van der Waals surface area contributed by atoms with E-state index >= 15 is 0 Å². The molecule has 3 rings (SSSR count). The molecule has 0 saturated heterocycles. The van der Waals surface area contributed by atoms with E-state index in [1.165, 1.54) is 5.39 Å². The minimum atomic E-state index is -0.0248. The molecule has 0 radical (unpaired) electrons. The zero-order valence-corrected chi connectivity index (χ0v) is 13.7. The molecule has 1 heterocycles. The van der Waals surface area contributed by atoms with Crippen LogP contribution in [0.15, 0.2) is 36.4 Å². The summed E-state index contributed by atoms with van der Waals surface area (Å²) in [5.74, 6) is 1.51. The molecule has 0 aliphatic heterocycles. The van der Waals surface area contributed by atoms with Crippen molar-refractivity contribution in [1.82, 2.24) is 25.5 Å². The summed E-state index contributed by atoms with van der Waals surface area (Å²) in [5.41, 5.74) is 1.07. The van der Waals surface area contributed by atoms with Crippen molar-refractivity contribution < 1.29 is 4.74 Å². The van der Waals surface area contributed by atoms with Crippen LogP contribution >= 0.6 is 0 Å². The summed E-state index contributed by atoms with van der Waals surface area (Å²) < 4.78 is 5.63. The first-order chi connectivity index (χ1) is 11.2. The molecule has 0 fully saturated rings. The Bertz CT molecular complexity index is 799. The average molecular weight is 311 g/mol. The third kappa shape index (κ3) is 3.17. The highest BCUT2D eigenvalue weighted by Gasteiger charge is 2.21. The van der Waals surface area contributed by atoms with E-state index in [4.69, 9.17) is 4.74 Å². The van der Waals surface area contributed by atoms with Gasteiger partial charge in [-0.3, -0.25) is 0 Å². The Morgan fingerprint density at radius 3 is 2.57 bits per heavy atom. The molecule has 23 heavy (non-hydrogen) atoms. The van der Waals surface area contributed by atoms with Crippen LogP contribution in [0.3, 0.4) is 0 Å². The van der Waals surface area contributed by atoms with E-state index in [-0.39, 0.29) is 6.04 Å². The molecule has 6 heteroatoms. The number of benzene rings is 2. The summed E-state index contributed by atoms with van der Waals surface area (Å²) in [6, 6.07) is 12.5. The zero-order chi connectivity index (χ0) is 16.2. The van der Waals surface area contributed by atoms with Crippen LogP contribution in [0.5, 0.6) is 5.75 Å². The molecule has 3 aromatic rings. The Kier molecular flexibility index (Phi) is 4.52. The largest absolute Gasteiger partial charge is 0.496 e. The molecule has 0 amide bonds. The maximum atomic E-state index is 5.63. The van der Waals surface area contributed by atoms with Crippen molar-refractivity contribution in [3.8, 4) is 5.75 Å². The number of hydrogen-bond acceptors (Lipinski definition) is 5. The highest BCUT2D eigenvalue weighted by atomic mass is 16.5. The number of rotatable bonds is 6. The first-order valence-corrected chi connectivity index (χ1v) is 7.70. The van der Waals surface area contributed by atoms with Crippen molar-refractivity contribution in [3.63, 3.8) is 0 Å². The molecule has 1 N–H and O–H groups in total. The van der Waals surface area contributed by atoms with Crippen LogP contribution in [0.2, 0.25) is 0 Å². The first-order valence-electron chi connectivity index (χ1n) is 7.70. The predicted octanol–water partition coefficient (Wildman–Crippen LogP) is 2.34. The van der Waals surface area contributed by atoms with E-state index in [1.54, 1.807) is 11.9 Å². The molecule has 0 saturated carbocycles. The van der Waals surface area contributed by atoms with Crippen LogP contribution in [-0.2, 0) is 0 Å². The van der Waals surface area contributed by atoms with Gasteiger partial charge >= 0.3 is 0 Å². The Morgan fingerprint density at radius 1 is 1.22 bits per heavy atom. The number of fused-ring (bicyclic) bond motifs is 1. The normalized spacial score (nSPS) is 12.5. The Morgan fingerprint density at radius 2 is 1.96 bits per heavy atom. The fourth-order valence-electron chi connectivity index (χ4n) is 2.78. The van der Waals surface area contributed by atoms with Crippen molar-refractivity contribution >= 4 is 10.8 Å². The van der Waals surface area contributed by atoms with E-state index < -0.39 is 0 Å². The van der Waals surface area contributed by atoms with Gasteiger partial charge in [-0.15, -0.1) is 10.2 Å². The fraction of sp³-hybridized carbons (Fsp3) is 0.353. The lowest BCUT2D eigenvalue weighted by Crippen LogP contribution is -2.20. The number of nitrogens with zero attached hydrogens (tertiary/aromatic N) is 4. The number of tetrazole rings is 1. The lowest BCUT2D eigenvalue weighted by Gasteiger charge is -2.19. The summed E-state index contributed by atoms with van der Waals surface area (Å²) in [6.07, 6.45) is 0.848. The monoisotopic (exact) mass is 311 g/mol. The highest BCUT2D eigenvalue weighted by Crippen LogP contribution is 2.33. The second kappa shape index (κ2) is 6.75. The van der Waals surface area contributed by atoms with Crippen LogP contribution in [0, 0.1) is 6.92 Å². The van der Waals surface area contributed by atoms with E-state index in [1.807, 2.05) is 26.1 Å². The first kappa shape index (κ1) is 15.4. The molecule has 0 spiro atoms. The highest BCUT2D eigenvalue weighted by molar-refractivity contribution is 5.85. The molecule has 1 unspecified atom stereocenters. The zero-order valence-electron chi connectivity index (χ0n) is 13.7. The van der Waals surface area contributed by atoms with Gasteiger partial charge in [-0.1, -0.05) is 24.3 Å². The third-order valence-electron chi connectivity index (χ3n) is 3.93. The van der Waals surface area contributed by atoms with Crippen LogP contribution in [0.4, 0.5) is 0 Å². The van der Waals surface area contributed by atoms with Gasteiger partial charge in [0, 0.05) is 5.56 Å². The SMILES string of the molecule is CNCCC(c1cc2ccccc2cc1OC)n1nnc(C)n1. The quantitative estimate of drug-likeness (QED) is 0.757. The van der Waals surface area contributed by atoms with Crippen molar-refractivity contribution in [2.24, 2.45) is 0 Å². The van der Waals surface area contributed by atoms with E-state index in [0.29, 0.717) is 5.82 Å². The van der Waals surface area contributed by atoms with Gasteiger partial charge in [-0.25, -0.2) is 0 Å². The summed E-state index contributed by atoms with van der Waals surface area (Å²) in [5, 5.41) is 18.1. The molecule has 1 atom stereocenters. The minimum absolute atomic E-state index is 0.0248. The maximum absolute atomic E-state index is 5.63. The molecule has 1 aromatic heterocycles. The average Bonchev–Trinajstić information content (AvgIpc) is 3.00. The molecule has 6 nitrogen and oxygen atoms in total. The van der Waals surface area contributed by atoms with Gasteiger partial charge in [0.25, 0.3) is 0 Å². The van der Waals surface area contributed by atoms with Crippen LogP contribution < -0.4 is 10.1 Å². The maximum Gasteiger partial charge on any atom is 0.171 e. The minimum Gasteiger partial charge on any atom is -0.496 e. The summed E-state index contributed by atoms with van der Waals surface area (Å²) in [6.45, 7) is 2.69. The molecule has 0 aliphatic carbocycles. The fourth-order valence-corrected chi connectivity index (χ4v) is 2.78. The van der Waals surface area contributed by atoms with Crippen molar-refractivity contribution in [2.75, 3.05) is 20.7 Å². The van der Waals surface area contributed by atoms with Gasteiger partial charge in [0.1, 0.15) is 11.8 Å². The second-order valence-electron chi connectivity index (χ2n) is 5.51. The topological polar surface area (TPSA) is 64.9 Å². The van der Waals surface area contributed by atoms with E-state index in [0.717, 1.165) is 29.7 Å². The molecular weight excluding hydrogens is 290 g/mol. The summed E-state index contributed by atoms with van der Waals surface area (Å²) in [4.78, 5) is 1.68. The Hall–Kier alpha value is -2.47. The Labute approximate surface area is 135 Å². The van der Waals surface area contributed by atoms with Crippen LogP contribution in [0.25, 0.3) is 10.8 Å². The number of aromatic nitrogens is 4. The van der Waals surface area contributed by atoms with Gasteiger partial charge in [0.2, 0.25) is 0 Å².